The molecule has 0 amide bonds. The van der Waals surface area contributed by atoms with Gasteiger partial charge in [-0.05, 0) is 11.5 Å². The monoisotopic (exact) mass is 235 g/mol. The summed E-state index contributed by atoms with van der Waals surface area (Å²) in [6.45, 7) is 0. The van der Waals surface area contributed by atoms with Gasteiger partial charge in [0.2, 0.25) is 0 Å². The lowest BCUT2D eigenvalue weighted by atomic mass is 10.1. The van der Waals surface area contributed by atoms with Crippen LogP contribution in [-0.2, 0) is 0 Å². The lowest BCUT2D eigenvalue weighted by Crippen LogP contribution is -1.94. The molecule has 4 heteroatoms. The minimum atomic E-state index is 0.457. The third-order valence-corrected chi connectivity index (χ3v) is 2.69. The summed E-state index contributed by atoms with van der Waals surface area (Å²) in [5.41, 5.74) is 1.18. The first-order chi connectivity index (χ1) is 8.88. The van der Waals surface area contributed by atoms with E-state index in [9.17, 15) is 4.79 Å². The maximum atomic E-state index is 10.6. The fourth-order valence-electron chi connectivity index (χ4n) is 1.82. The van der Waals surface area contributed by atoms with E-state index in [1.165, 1.54) is 12.4 Å². The Bertz CT molecular complexity index is 702. The molecular formula is C14H9N3O. The molecule has 1 aromatic carbocycles. The fraction of sp³-hybridized carbons (Fsp3) is 0. The normalized spacial score (nSPS) is 10.4. The van der Waals surface area contributed by atoms with Gasteiger partial charge in [0, 0.05) is 24.0 Å². The Balaban J connectivity index is 2.21. The summed E-state index contributed by atoms with van der Waals surface area (Å²) in [5.74, 6) is 0.525. The van der Waals surface area contributed by atoms with Crippen LogP contribution in [0.5, 0.6) is 0 Å². The highest BCUT2D eigenvalue weighted by Gasteiger charge is 2.07. The Kier molecular flexibility index (Phi) is 2.53. The van der Waals surface area contributed by atoms with Crippen molar-refractivity contribution in [3.05, 3.63) is 54.5 Å². The number of hydrogen-bond donors (Lipinski definition) is 0. The van der Waals surface area contributed by atoms with Crippen LogP contribution < -0.4 is 0 Å². The molecule has 86 valence electrons. The van der Waals surface area contributed by atoms with E-state index in [0.29, 0.717) is 11.4 Å². The second kappa shape index (κ2) is 4.33. The van der Waals surface area contributed by atoms with Gasteiger partial charge in [-0.3, -0.25) is 9.78 Å². The van der Waals surface area contributed by atoms with Crippen molar-refractivity contribution >= 4 is 17.1 Å². The van der Waals surface area contributed by atoms with Crippen LogP contribution in [0, 0.1) is 0 Å². The van der Waals surface area contributed by atoms with Gasteiger partial charge in [-0.1, -0.05) is 24.3 Å². The van der Waals surface area contributed by atoms with E-state index in [2.05, 4.69) is 15.0 Å². The van der Waals surface area contributed by atoms with Crippen molar-refractivity contribution in [3.8, 4) is 11.5 Å². The van der Waals surface area contributed by atoms with Gasteiger partial charge in [-0.25, -0.2) is 9.97 Å². The second-order valence-corrected chi connectivity index (χ2v) is 3.84. The molecule has 0 aliphatic carbocycles. The molecule has 0 aliphatic heterocycles. The SMILES string of the molecule is O=Cc1cnc(-c2nccc3ccccc23)nc1. The molecule has 0 radical (unpaired) electrons. The molecule has 0 saturated heterocycles. The van der Waals surface area contributed by atoms with Crippen molar-refractivity contribution in [1.82, 2.24) is 15.0 Å². The molecule has 2 heterocycles. The third-order valence-electron chi connectivity index (χ3n) is 2.69. The van der Waals surface area contributed by atoms with Crippen molar-refractivity contribution in [1.29, 1.82) is 0 Å². The van der Waals surface area contributed by atoms with E-state index in [4.69, 9.17) is 0 Å². The summed E-state index contributed by atoms with van der Waals surface area (Å²) in [4.78, 5) is 23.2. The van der Waals surface area contributed by atoms with Gasteiger partial charge in [0.1, 0.15) is 5.69 Å². The number of rotatable bonds is 2. The molecule has 3 rings (SSSR count). The lowest BCUT2D eigenvalue weighted by molar-refractivity contribution is 0.112. The number of pyridine rings is 1. The molecule has 0 unspecified atom stereocenters. The van der Waals surface area contributed by atoms with E-state index < -0.39 is 0 Å². The first-order valence-corrected chi connectivity index (χ1v) is 5.50. The van der Waals surface area contributed by atoms with E-state index in [1.54, 1.807) is 6.20 Å². The molecule has 2 aromatic heterocycles. The zero-order valence-corrected chi connectivity index (χ0v) is 9.45. The molecule has 0 fully saturated rings. The quantitative estimate of drug-likeness (QED) is 0.640. The predicted molar refractivity (Wildman–Crippen MR) is 68.2 cm³/mol. The molecule has 4 nitrogen and oxygen atoms in total. The van der Waals surface area contributed by atoms with Crippen LogP contribution in [0.25, 0.3) is 22.3 Å². The van der Waals surface area contributed by atoms with Crippen LogP contribution in [0.2, 0.25) is 0 Å². The van der Waals surface area contributed by atoms with E-state index >= 15 is 0 Å². The third kappa shape index (κ3) is 1.73. The van der Waals surface area contributed by atoms with E-state index in [1.807, 2.05) is 30.3 Å². The van der Waals surface area contributed by atoms with Crippen molar-refractivity contribution in [2.24, 2.45) is 0 Å². The number of aromatic nitrogens is 3. The summed E-state index contributed by atoms with van der Waals surface area (Å²) in [7, 11) is 0. The zero-order chi connectivity index (χ0) is 12.4. The fourth-order valence-corrected chi connectivity index (χ4v) is 1.82. The smallest absolute Gasteiger partial charge is 0.178 e. The number of carbonyl (C=O) groups excluding carboxylic acids is 1. The standard InChI is InChI=1S/C14H9N3O/c18-9-10-7-16-14(17-8-10)13-12-4-2-1-3-11(12)5-6-15-13/h1-9H. The Morgan fingerprint density at radius 3 is 2.50 bits per heavy atom. The Morgan fingerprint density at radius 1 is 0.944 bits per heavy atom. The highest BCUT2D eigenvalue weighted by molar-refractivity contribution is 5.92. The molecular weight excluding hydrogens is 226 g/mol. The summed E-state index contributed by atoms with van der Waals surface area (Å²) < 4.78 is 0. The van der Waals surface area contributed by atoms with Crippen molar-refractivity contribution < 1.29 is 4.79 Å². The molecule has 0 aliphatic rings. The minimum Gasteiger partial charge on any atom is -0.298 e. The number of nitrogens with zero attached hydrogens (tertiary/aromatic N) is 3. The molecule has 0 spiro atoms. The number of benzene rings is 1. The van der Waals surface area contributed by atoms with Crippen LogP contribution in [0.15, 0.2) is 48.9 Å². The van der Waals surface area contributed by atoms with E-state index in [0.717, 1.165) is 22.8 Å². The van der Waals surface area contributed by atoms with E-state index in [-0.39, 0.29) is 0 Å². The predicted octanol–water partition coefficient (Wildman–Crippen LogP) is 2.50. The second-order valence-electron chi connectivity index (χ2n) is 3.84. The molecule has 0 N–H and O–H groups in total. The molecule has 18 heavy (non-hydrogen) atoms. The Labute approximate surface area is 103 Å². The minimum absolute atomic E-state index is 0.457. The van der Waals surface area contributed by atoms with Gasteiger partial charge in [0.15, 0.2) is 12.1 Å². The van der Waals surface area contributed by atoms with Crippen LogP contribution in [0.3, 0.4) is 0 Å². The highest BCUT2D eigenvalue weighted by atomic mass is 16.1. The summed E-state index contributed by atoms with van der Waals surface area (Å²) in [6, 6.07) is 9.86. The van der Waals surface area contributed by atoms with Gasteiger partial charge in [-0.2, -0.15) is 0 Å². The first kappa shape index (κ1) is 10.5. The number of fused-ring (bicyclic) bond motifs is 1. The van der Waals surface area contributed by atoms with Gasteiger partial charge in [-0.15, -0.1) is 0 Å². The largest absolute Gasteiger partial charge is 0.298 e. The van der Waals surface area contributed by atoms with Crippen LogP contribution >= 0.6 is 0 Å². The lowest BCUT2D eigenvalue weighted by Gasteiger charge is -2.03. The topological polar surface area (TPSA) is 55.7 Å². The Morgan fingerprint density at radius 2 is 1.72 bits per heavy atom. The summed E-state index contributed by atoms with van der Waals surface area (Å²) in [5, 5.41) is 2.09. The van der Waals surface area contributed by atoms with Gasteiger partial charge in [0.05, 0.1) is 5.56 Å². The van der Waals surface area contributed by atoms with Crippen LogP contribution in [-0.4, -0.2) is 21.2 Å². The average Bonchev–Trinajstić information content (AvgIpc) is 2.47. The average molecular weight is 235 g/mol. The van der Waals surface area contributed by atoms with Crippen LogP contribution in [0.4, 0.5) is 0 Å². The van der Waals surface area contributed by atoms with Gasteiger partial charge < -0.3 is 0 Å². The summed E-state index contributed by atoms with van der Waals surface area (Å²) in [6.07, 6.45) is 5.45. The maximum absolute atomic E-state index is 10.6. The molecule has 0 saturated carbocycles. The molecule has 3 aromatic rings. The number of carbonyl (C=O) groups is 1. The van der Waals surface area contributed by atoms with Crippen molar-refractivity contribution in [2.45, 2.75) is 0 Å². The molecule has 0 bridgehead atoms. The molecule has 0 atom stereocenters. The van der Waals surface area contributed by atoms with Crippen molar-refractivity contribution in [2.75, 3.05) is 0 Å². The van der Waals surface area contributed by atoms with Gasteiger partial charge >= 0.3 is 0 Å². The number of aldehydes is 1. The first-order valence-electron chi connectivity index (χ1n) is 5.50. The summed E-state index contributed by atoms with van der Waals surface area (Å²) >= 11 is 0. The van der Waals surface area contributed by atoms with Crippen molar-refractivity contribution in [3.63, 3.8) is 0 Å². The van der Waals surface area contributed by atoms with Crippen LogP contribution in [0.1, 0.15) is 10.4 Å². The zero-order valence-electron chi connectivity index (χ0n) is 9.45. The van der Waals surface area contributed by atoms with Gasteiger partial charge in [0.25, 0.3) is 0 Å². The maximum Gasteiger partial charge on any atom is 0.178 e. The Hall–Kier alpha value is -2.62. The number of hydrogen-bond acceptors (Lipinski definition) is 4. The highest BCUT2D eigenvalue weighted by Crippen LogP contribution is 2.23.